The van der Waals surface area contributed by atoms with Crippen LogP contribution < -0.4 is 0 Å². The molecule has 0 atom stereocenters. The molecule has 0 unspecified atom stereocenters. The Kier molecular flexibility index (Phi) is 5.06. The first-order chi connectivity index (χ1) is 11.0. The molecular formula is C17H24O5S. The second-order valence-electron chi connectivity index (χ2n) is 6.65. The maximum atomic E-state index is 12.0. The van der Waals surface area contributed by atoms with Crippen LogP contribution in [0, 0.1) is 12.3 Å². The Labute approximate surface area is 138 Å². The van der Waals surface area contributed by atoms with Gasteiger partial charge in [-0.25, -0.2) is 0 Å². The number of ether oxygens (including phenoxy) is 2. The molecule has 0 bridgehead atoms. The summed E-state index contributed by atoms with van der Waals surface area (Å²) >= 11 is 0. The van der Waals surface area contributed by atoms with Gasteiger partial charge >= 0.3 is 0 Å². The smallest absolute Gasteiger partial charge is 0.297 e. The van der Waals surface area contributed by atoms with Crippen LogP contribution in [0.2, 0.25) is 0 Å². The van der Waals surface area contributed by atoms with Crippen LogP contribution in [0.25, 0.3) is 0 Å². The quantitative estimate of drug-likeness (QED) is 0.588. The van der Waals surface area contributed by atoms with Crippen LogP contribution in [0.15, 0.2) is 29.2 Å². The summed E-state index contributed by atoms with van der Waals surface area (Å²) < 4.78 is 40.2. The fraction of sp³-hybridized carbons (Fsp3) is 0.647. The van der Waals surface area contributed by atoms with Gasteiger partial charge in [0.1, 0.15) is 0 Å². The van der Waals surface area contributed by atoms with Gasteiger partial charge in [-0.3, -0.25) is 4.18 Å². The Bertz CT molecular complexity index is 609. The zero-order valence-corrected chi connectivity index (χ0v) is 14.3. The van der Waals surface area contributed by atoms with Crippen molar-refractivity contribution in [2.45, 2.75) is 43.6 Å². The van der Waals surface area contributed by atoms with Crippen LogP contribution in [0.5, 0.6) is 0 Å². The Morgan fingerprint density at radius 3 is 2.35 bits per heavy atom. The minimum atomic E-state index is -3.69. The predicted octanol–water partition coefficient (Wildman–Crippen LogP) is 2.68. The van der Waals surface area contributed by atoms with Crippen molar-refractivity contribution in [3.8, 4) is 0 Å². The van der Waals surface area contributed by atoms with Gasteiger partial charge in [0.2, 0.25) is 0 Å². The van der Waals surface area contributed by atoms with Gasteiger partial charge in [-0.2, -0.15) is 8.42 Å². The third kappa shape index (κ3) is 4.12. The van der Waals surface area contributed by atoms with Crippen LogP contribution in [-0.4, -0.2) is 40.9 Å². The van der Waals surface area contributed by atoms with Gasteiger partial charge < -0.3 is 9.47 Å². The summed E-state index contributed by atoms with van der Waals surface area (Å²) in [6, 6.07) is 6.64. The summed E-state index contributed by atoms with van der Waals surface area (Å²) in [7, 11) is -3.69. The fourth-order valence-electron chi connectivity index (χ4n) is 3.18. The minimum absolute atomic E-state index is 0.0565. The lowest BCUT2D eigenvalue weighted by atomic mass is 9.72. The van der Waals surface area contributed by atoms with E-state index in [1.54, 1.807) is 24.3 Å². The number of aryl methyl sites for hydroxylation is 1. The lowest BCUT2D eigenvalue weighted by Gasteiger charge is -2.46. The molecule has 1 aromatic rings. The second-order valence-corrected chi connectivity index (χ2v) is 8.27. The molecule has 3 rings (SSSR count). The van der Waals surface area contributed by atoms with Crippen molar-refractivity contribution >= 4 is 10.1 Å². The maximum absolute atomic E-state index is 12.0. The standard InChI is InChI=1S/C17H24O5S/c1-14-2-4-16(5-3-14)23(18,19)22-11-10-21-15-6-8-17(9-7-15)12-20-13-17/h2-5,15H,6-13H2,1H3. The fourth-order valence-corrected chi connectivity index (χ4v) is 4.07. The van der Waals surface area contributed by atoms with Crippen LogP contribution in [0.3, 0.4) is 0 Å². The molecule has 1 aliphatic carbocycles. The molecule has 6 heteroatoms. The lowest BCUT2D eigenvalue weighted by molar-refractivity contribution is -0.148. The van der Waals surface area contributed by atoms with Crippen molar-refractivity contribution in [3.05, 3.63) is 29.8 Å². The van der Waals surface area contributed by atoms with Gasteiger partial charge in [0.25, 0.3) is 10.1 Å². The first-order valence-electron chi connectivity index (χ1n) is 8.15. The summed E-state index contributed by atoms with van der Waals surface area (Å²) in [5, 5.41) is 0. The molecule has 1 aliphatic heterocycles. The SMILES string of the molecule is Cc1ccc(S(=O)(=O)OCCOC2CCC3(CC2)COC3)cc1. The Morgan fingerprint density at radius 1 is 1.13 bits per heavy atom. The van der Waals surface area contributed by atoms with E-state index in [1.807, 2.05) is 6.92 Å². The van der Waals surface area contributed by atoms with E-state index in [9.17, 15) is 8.42 Å². The van der Waals surface area contributed by atoms with Crippen LogP contribution in [-0.2, 0) is 23.8 Å². The Hall–Kier alpha value is -0.950. The normalized spacial score (nSPS) is 21.3. The van der Waals surface area contributed by atoms with E-state index < -0.39 is 10.1 Å². The van der Waals surface area contributed by atoms with E-state index in [0.29, 0.717) is 12.0 Å². The molecule has 0 aromatic heterocycles. The molecule has 1 saturated carbocycles. The van der Waals surface area contributed by atoms with Gasteiger partial charge in [0, 0.05) is 5.41 Å². The summed E-state index contributed by atoms with van der Waals surface area (Å²) in [5.74, 6) is 0. The molecule has 23 heavy (non-hydrogen) atoms. The number of benzene rings is 1. The lowest BCUT2D eigenvalue weighted by Crippen LogP contribution is -2.46. The van der Waals surface area contributed by atoms with Crippen LogP contribution in [0.4, 0.5) is 0 Å². The van der Waals surface area contributed by atoms with E-state index in [2.05, 4.69) is 0 Å². The van der Waals surface area contributed by atoms with E-state index in [1.165, 1.54) is 0 Å². The summed E-state index contributed by atoms with van der Waals surface area (Å²) in [6.07, 6.45) is 4.54. The average molecular weight is 340 g/mol. The van der Waals surface area contributed by atoms with Crippen molar-refractivity contribution < 1.29 is 22.1 Å². The van der Waals surface area contributed by atoms with Gasteiger partial charge in [-0.05, 0) is 44.7 Å². The van der Waals surface area contributed by atoms with Crippen molar-refractivity contribution in [3.63, 3.8) is 0 Å². The Balaban J connectivity index is 1.38. The first-order valence-corrected chi connectivity index (χ1v) is 9.55. The highest BCUT2D eigenvalue weighted by Gasteiger charge is 2.41. The zero-order valence-electron chi connectivity index (χ0n) is 13.5. The largest absolute Gasteiger partial charge is 0.380 e. The molecule has 0 N–H and O–H groups in total. The number of hydrogen-bond donors (Lipinski definition) is 0. The van der Waals surface area contributed by atoms with E-state index >= 15 is 0 Å². The van der Waals surface area contributed by atoms with Gasteiger partial charge in [0.15, 0.2) is 0 Å². The summed E-state index contributed by atoms with van der Waals surface area (Å²) in [6.45, 7) is 4.05. The number of hydrogen-bond acceptors (Lipinski definition) is 5. The van der Waals surface area contributed by atoms with Gasteiger partial charge in [-0.1, -0.05) is 17.7 Å². The molecule has 1 spiro atoms. The van der Waals surface area contributed by atoms with Gasteiger partial charge in [-0.15, -0.1) is 0 Å². The van der Waals surface area contributed by atoms with Crippen molar-refractivity contribution in [2.75, 3.05) is 26.4 Å². The van der Waals surface area contributed by atoms with Crippen molar-refractivity contribution in [1.82, 2.24) is 0 Å². The minimum Gasteiger partial charge on any atom is -0.380 e. The molecular weight excluding hydrogens is 316 g/mol. The highest BCUT2D eigenvalue weighted by molar-refractivity contribution is 7.86. The molecule has 2 aliphatic rings. The molecule has 1 saturated heterocycles. The predicted molar refractivity (Wildman–Crippen MR) is 85.8 cm³/mol. The monoisotopic (exact) mass is 340 g/mol. The molecule has 0 radical (unpaired) electrons. The third-order valence-electron chi connectivity index (χ3n) is 4.79. The third-order valence-corrected chi connectivity index (χ3v) is 6.12. The topological polar surface area (TPSA) is 61.8 Å². The first kappa shape index (κ1) is 16.9. The molecule has 128 valence electrons. The molecule has 1 heterocycles. The molecule has 1 aromatic carbocycles. The molecule has 0 amide bonds. The zero-order chi connectivity index (χ0) is 16.3. The second kappa shape index (κ2) is 6.89. The van der Waals surface area contributed by atoms with Crippen LogP contribution in [0.1, 0.15) is 31.2 Å². The van der Waals surface area contributed by atoms with Gasteiger partial charge in [0.05, 0.1) is 37.4 Å². The number of rotatable bonds is 6. The van der Waals surface area contributed by atoms with Crippen molar-refractivity contribution in [1.29, 1.82) is 0 Å². The average Bonchev–Trinajstić information content (AvgIpc) is 2.51. The molecule has 2 fully saturated rings. The highest BCUT2D eigenvalue weighted by atomic mass is 32.2. The molecule has 5 nitrogen and oxygen atoms in total. The van der Waals surface area contributed by atoms with E-state index in [4.69, 9.17) is 13.7 Å². The van der Waals surface area contributed by atoms with Crippen LogP contribution >= 0.6 is 0 Å². The summed E-state index contributed by atoms with van der Waals surface area (Å²) in [5.41, 5.74) is 1.42. The highest BCUT2D eigenvalue weighted by Crippen LogP contribution is 2.42. The van der Waals surface area contributed by atoms with E-state index in [-0.39, 0.29) is 17.6 Å². The van der Waals surface area contributed by atoms with Crippen molar-refractivity contribution in [2.24, 2.45) is 5.41 Å². The maximum Gasteiger partial charge on any atom is 0.297 e. The summed E-state index contributed by atoms with van der Waals surface area (Å²) in [4.78, 5) is 0.188. The Morgan fingerprint density at radius 2 is 1.78 bits per heavy atom. The van der Waals surface area contributed by atoms with E-state index in [0.717, 1.165) is 44.5 Å².